The van der Waals surface area contributed by atoms with Gasteiger partial charge in [-0.1, -0.05) is 13.8 Å². The lowest BCUT2D eigenvalue weighted by Gasteiger charge is -2.11. The highest BCUT2D eigenvalue weighted by Gasteiger charge is 2.05. The smallest absolute Gasteiger partial charge is 0.221 e. The van der Waals surface area contributed by atoms with Crippen LogP contribution in [0, 0.1) is 0 Å². The van der Waals surface area contributed by atoms with Crippen molar-refractivity contribution in [2.75, 3.05) is 13.2 Å². The van der Waals surface area contributed by atoms with E-state index >= 15 is 0 Å². The van der Waals surface area contributed by atoms with E-state index in [1.807, 2.05) is 13.8 Å². The molecule has 0 saturated carbocycles. The molecule has 0 spiro atoms. The third-order valence-corrected chi connectivity index (χ3v) is 1.59. The highest BCUT2D eigenvalue weighted by atomic mass is 16.3. The van der Waals surface area contributed by atoms with Crippen LogP contribution in [0.5, 0.6) is 0 Å². The predicted molar refractivity (Wildman–Crippen MR) is 52.4 cm³/mol. The zero-order chi connectivity index (χ0) is 10.3. The van der Waals surface area contributed by atoms with Crippen LogP contribution < -0.4 is 10.6 Å². The number of rotatable bonds is 6. The second kappa shape index (κ2) is 6.86. The SMILES string of the molecule is CC(C)NCCC(=O)N[C@@H](C)CO. The summed E-state index contributed by atoms with van der Waals surface area (Å²) in [6.45, 7) is 6.52. The van der Waals surface area contributed by atoms with E-state index in [9.17, 15) is 4.79 Å². The van der Waals surface area contributed by atoms with Crippen LogP contribution in [0.25, 0.3) is 0 Å². The van der Waals surface area contributed by atoms with Gasteiger partial charge in [-0.3, -0.25) is 4.79 Å². The van der Waals surface area contributed by atoms with Crippen LogP contribution in [0.4, 0.5) is 0 Å². The van der Waals surface area contributed by atoms with Crippen molar-refractivity contribution in [3.8, 4) is 0 Å². The number of carbonyl (C=O) groups excluding carboxylic acids is 1. The van der Waals surface area contributed by atoms with E-state index in [2.05, 4.69) is 10.6 Å². The number of aliphatic hydroxyl groups excluding tert-OH is 1. The predicted octanol–water partition coefficient (Wildman–Crippen LogP) is -0.128. The van der Waals surface area contributed by atoms with E-state index in [4.69, 9.17) is 5.11 Å². The van der Waals surface area contributed by atoms with Gasteiger partial charge in [0.05, 0.1) is 6.61 Å². The lowest BCUT2D eigenvalue weighted by atomic mass is 10.3. The molecule has 0 rings (SSSR count). The Bertz CT molecular complexity index is 149. The van der Waals surface area contributed by atoms with Crippen molar-refractivity contribution in [3.63, 3.8) is 0 Å². The first-order chi connectivity index (χ1) is 6.06. The molecule has 0 bridgehead atoms. The van der Waals surface area contributed by atoms with Crippen molar-refractivity contribution < 1.29 is 9.90 Å². The van der Waals surface area contributed by atoms with Gasteiger partial charge in [0.1, 0.15) is 0 Å². The molecule has 0 aliphatic carbocycles. The first kappa shape index (κ1) is 12.4. The lowest BCUT2D eigenvalue weighted by Crippen LogP contribution is -2.37. The lowest BCUT2D eigenvalue weighted by molar-refractivity contribution is -0.121. The van der Waals surface area contributed by atoms with Gasteiger partial charge < -0.3 is 15.7 Å². The fraction of sp³-hybridized carbons (Fsp3) is 0.889. The fourth-order valence-electron chi connectivity index (χ4n) is 0.867. The van der Waals surface area contributed by atoms with Crippen LogP contribution in [-0.4, -0.2) is 36.2 Å². The largest absolute Gasteiger partial charge is 0.394 e. The summed E-state index contributed by atoms with van der Waals surface area (Å²) in [5.74, 6) is -0.0188. The van der Waals surface area contributed by atoms with Gasteiger partial charge in [-0.15, -0.1) is 0 Å². The topological polar surface area (TPSA) is 61.4 Å². The number of nitrogens with one attached hydrogen (secondary N) is 2. The molecule has 3 N–H and O–H groups in total. The monoisotopic (exact) mass is 188 g/mol. The summed E-state index contributed by atoms with van der Waals surface area (Å²) in [5.41, 5.74) is 0. The number of carbonyl (C=O) groups is 1. The molecule has 0 unspecified atom stereocenters. The third kappa shape index (κ3) is 7.74. The van der Waals surface area contributed by atoms with E-state index in [-0.39, 0.29) is 18.6 Å². The summed E-state index contributed by atoms with van der Waals surface area (Å²) in [6, 6.07) is 0.259. The first-order valence-corrected chi connectivity index (χ1v) is 4.70. The molecule has 78 valence electrons. The van der Waals surface area contributed by atoms with Gasteiger partial charge in [-0.25, -0.2) is 0 Å². The minimum Gasteiger partial charge on any atom is -0.394 e. The maximum Gasteiger partial charge on any atom is 0.221 e. The summed E-state index contributed by atoms with van der Waals surface area (Å²) in [6.07, 6.45) is 0.461. The molecular weight excluding hydrogens is 168 g/mol. The second-order valence-electron chi connectivity index (χ2n) is 3.51. The molecule has 0 heterocycles. The van der Waals surface area contributed by atoms with Crippen molar-refractivity contribution in [2.45, 2.75) is 39.3 Å². The first-order valence-electron chi connectivity index (χ1n) is 4.70. The molecule has 4 nitrogen and oxygen atoms in total. The summed E-state index contributed by atoms with van der Waals surface area (Å²) in [5, 5.41) is 14.5. The van der Waals surface area contributed by atoms with Gasteiger partial charge in [-0.2, -0.15) is 0 Å². The minimum absolute atomic E-state index is 0.0106. The van der Waals surface area contributed by atoms with Crippen LogP contribution in [-0.2, 0) is 4.79 Å². The Hall–Kier alpha value is -0.610. The number of amides is 1. The maximum absolute atomic E-state index is 11.1. The Labute approximate surface area is 79.7 Å². The number of aliphatic hydroxyl groups is 1. The van der Waals surface area contributed by atoms with Gasteiger partial charge in [-0.05, 0) is 6.92 Å². The number of hydrogen-bond acceptors (Lipinski definition) is 3. The Balaban J connectivity index is 3.41. The van der Waals surface area contributed by atoms with Gasteiger partial charge in [0.2, 0.25) is 5.91 Å². The highest BCUT2D eigenvalue weighted by molar-refractivity contribution is 5.76. The van der Waals surface area contributed by atoms with Crippen LogP contribution in [0.15, 0.2) is 0 Å². The fourth-order valence-corrected chi connectivity index (χ4v) is 0.867. The van der Waals surface area contributed by atoms with Gasteiger partial charge in [0.25, 0.3) is 0 Å². The molecule has 1 atom stereocenters. The van der Waals surface area contributed by atoms with Gasteiger partial charge >= 0.3 is 0 Å². The molecule has 1 amide bonds. The Morgan fingerprint density at radius 2 is 2.00 bits per heavy atom. The van der Waals surface area contributed by atoms with Crippen LogP contribution in [0.3, 0.4) is 0 Å². The zero-order valence-corrected chi connectivity index (χ0v) is 8.63. The molecule has 0 aromatic heterocycles. The van der Waals surface area contributed by atoms with Crippen molar-refractivity contribution in [2.24, 2.45) is 0 Å². The Kier molecular flexibility index (Phi) is 6.54. The van der Waals surface area contributed by atoms with Crippen molar-refractivity contribution in [1.82, 2.24) is 10.6 Å². The third-order valence-electron chi connectivity index (χ3n) is 1.59. The Morgan fingerprint density at radius 3 is 2.46 bits per heavy atom. The Morgan fingerprint density at radius 1 is 1.38 bits per heavy atom. The molecule has 0 aliphatic heterocycles. The average molecular weight is 188 g/mol. The van der Waals surface area contributed by atoms with E-state index in [0.29, 0.717) is 19.0 Å². The quantitative estimate of drug-likeness (QED) is 0.544. The van der Waals surface area contributed by atoms with Crippen molar-refractivity contribution in [3.05, 3.63) is 0 Å². The van der Waals surface area contributed by atoms with Crippen molar-refractivity contribution in [1.29, 1.82) is 0 Å². The van der Waals surface area contributed by atoms with Crippen LogP contribution >= 0.6 is 0 Å². The molecule has 13 heavy (non-hydrogen) atoms. The molecule has 0 aromatic rings. The van der Waals surface area contributed by atoms with E-state index in [1.54, 1.807) is 6.92 Å². The van der Waals surface area contributed by atoms with E-state index in [0.717, 1.165) is 0 Å². The average Bonchev–Trinajstić information content (AvgIpc) is 2.03. The van der Waals surface area contributed by atoms with Gasteiger partial charge in [0.15, 0.2) is 0 Å². The molecule has 0 saturated heterocycles. The summed E-state index contributed by atoms with van der Waals surface area (Å²) >= 11 is 0. The van der Waals surface area contributed by atoms with Crippen LogP contribution in [0.1, 0.15) is 27.2 Å². The standard InChI is InChI=1S/C9H20N2O2/c1-7(2)10-5-4-9(13)11-8(3)6-12/h7-8,10,12H,4-6H2,1-3H3,(H,11,13)/t8-/m0/s1. The molecule has 0 aromatic carbocycles. The van der Waals surface area contributed by atoms with E-state index < -0.39 is 0 Å². The van der Waals surface area contributed by atoms with Gasteiger partial charge in [0, 0.05) is 25.0 Å². The summed E-state index contributed by atoms with van der Waals surface area (Å²) < 4.78 is 0. The highest BCUT2D eigenvalue weighted by Crippen LogP contribution is 1.84. The minimum atomic E-state index is -0.147. The van der Waals surface area contributed by atoms with E-state index in [1.165, 1.54) is 0 Å². The molecular formula is C9H20N2O2. The molecule has 0 radical (unpaired) electrons. The molecule has 4 heteroatoms. The summed E-state index contributed by atoms with van der Waals surface area (Å²) in [7, 11) is 0. The zero-order valence-electron chi connectivity index (χ0n) is 8.63. The maximum atomic E-state index is 11.1. The molecule has 0 aliphatic rings. The summed E-state index contributed by atoms with van der Waals surface area (Å²) in [4.78, 5) is 11.1. The number of hydrogen-bond donors (Lipinski definition) is 3. The molecule has 0 fully saturated rings. The normalized spacial score (nSPS) is 13.0. The van der Waals surface area contributed by atoms with Crippen LogP contribution in [0.2, 0.25) is 0 Å². The second-order valence-corrected chi connectivity index (χ2v) is 3.51. The van der Waals surface area contributed by atoms with Crippen molar-refractivity contribution >= 4 is 5.91 Å².